The second kappa shape index (κ2) is 7.73. The minimum atomic E-state index is -3.33. The Morgan fingerprint density at radius 1 is 1.26 bits per heavy atom. The van der Waals surface area contributed by atoms with Crippen molar-refractivity contribution in [1.29, 1.82) is 0 Å². The highest BCUT2D eigenvalue weighted by Gasteiger charge is 2.61. The predicted octanol–water partition coefficient (Wildman–Crippen LogP) is 3.41. The largest absolute Gasteiger partial charge is 0.480 e. The molecular formula is C22H25FN6O4S. The van der Waals surface area contributed by atoms with Crippen LogP contribution < -0.4 is 15.8 Å². The predicted molar refractivity (Wildman–Crippen MR) is 128 cm³/mol. The molecule has 2 aromatic heterocycles. The summed E-state index contributed by atoms with van der Waals surface area (Å²) in [6.07, 6.45) is 3.06. The first-order chi connectivity index (χ1) is 16.1. The van der Waals surface area contributed by atoms with E-state index in [-0.39, 0.29) is 24.6 Å². The Labute approximate surface area is 196 Å². The minimum Gasteiger partial charge on any atom is -0.480 e. The van der Waals surface area contributed by atoms with Crippen LogP contribution in [0, 0.1) is 5.82 Å². The second-order valence-electron chi connectivity index (χ2n) is 8.79. The van der Waals surface area contributed by atoms with Crippen molar-refractivity contribution in [3.8, 4) is 5.88 Å². The van der Waals surface area contributed by atoms with Gasteiger partial charge in [-0.25, -0.2) is 19.3 Å². The molecule has 1 aromatic carbocycles. The molecule has 3 aromatic rings. The molecule has 2 aliphatic heterocycles. The van der Waals surface area contributed by atoms with E-state index in [0.29, 0.717) is 28.4 Å². The van der Waals surface area contributed by atoms with Crippen molar-refractivity contribution in [2.45, 2.75) is 29.4 Å². The molecule has 1 fully saturated rings. The number of amidine groups is 1. The topological polar surface area (TPSA) is 148 Å². The SMILES string of the molecule is COc1cnc2c(Nc3ccc(F)c(C45COC[C@@H]4S(O)(O)C(C)(C)C(N)=N5)c3)nccc2n1. The number of rotatable bonds is 4. The van der Waals surface area contributed by atoms with Crippen molar-refractivity contribution >= 4 is 39.0 Å². The van der Waals surface area contributed by atoms with Crippen LogP contribution in [0.15, 0.2) is 41.7 Å². The normalized spacial score (nSPS) is 25.9. The number of pyridine rings is 1. The van der Waals surface area contributed by atoms with Gasteiger partial charge in [0.05, 0.1) is 32.0 Å². The van der Waals surface area contributed by atoms with E-state index in [1.807, 2.05) is 0 Å². The Balaban J connectivity index is 1.60. The van der Waals surface area contributed by atoms with Crippen LogP contribution in [0.4, 0.5) is 15.9 Å². The van der Waals surface area contributed by atoms with Crippen LogP contribution in [-0.2, 0) is 10.3 Å². The molecule has 34 heavy (non-hydrogen) atoms. The molecule has 10 nitrogen and oxygen atoms in total. The lowest BCUT2D eigenvalue weighted by atomic mass is 9.87. The Morgan fingerprint density at radius 3 is 2.82 bits per heavy atom. The zero-order valence-electron chi connectivity index (χ0n) is 18.8. The number of benzene rings is 1. The average Bonchev–Trinajstić information content (AvgIpc) is 3.24. The summed E-state index contributed by atoms with van der Waals surface area (Å²) in [7, 11) is -1.82. The van der Waals surface area contributed by atoms with Gasteiger partial charge in [0.1, 0.15) is 32.7 Å². The summed E-state index contributed by atoms with van der Waals surface area (Å²) in [6, 6.07) is 6.12. The van der Waals surface area contributed by atoms with Gasteiger partial charge in [-0.15, -0.1) is 0 Å². The van der Waals surface area contributed by atoms with Crippen LogP contribution in [0.5, 0.6) is 5.88 Å². The standard InChI is InChI=1S/C22H25FN6O4S/c1-21(2)20(24)29-22(11-33-10-16(22)34(21,30)31)13-8-12(4-5-14(13)23)27-19-18-15(6-7-25-19)28-17(32-3)9-26-18/h4-9,16,30-31H,10-11H2,1-3H3,(H2,24,29)(H,25,27)/t16-,22?/m0/s1. The summed E-state index contributed by atoms with van der Waals surface area (Å²) >= 11 is 0. The maximum absolute atomic E-state index is 15.2. The number of halogens is 1. The van der Waals surface area contributed by atoms with Crippen molar-refractivity contribution < 1.29 is 23.0 Å². The molecule has 12 heteroatoms. The molecule has 0 radical (unpaired) electrons. The third-order valence-corrected chi connectivity index (χ3v) is 9.58. The van der Waals surface area contributed by atoms with Gasteiger partial charge in [0.15, 0.2) is 5.82 Å². The monoisotopic (exact) mass is 488 g/mol. The third-order valence-electron chi connectivity index (χ3n) is 6.55. The molecule has 2 aliphatic rings. The number of anilines is 2. The van der Waals surface area contributed by atoms with Gasteiger partial charge >= 0.3 is 0 Å². The first kappa shape index (κ1) is 22.7. The molecule has 0 amide bonds. The number of aromatic nitrogens is 3. The van der Waals surface area contributed by atoms with E-state index in [9.17, 15) is 9.11 Å². The molecule has 4 heterocycles. The maximum Gasteiger partial charge on any atom is 0.232 e. The Kier molecular flexibility index (Phi) is 5.17. The Morgan fingerprint density at radius 2 is 2.06 bits per heavy atom. The molecule has 0 spiro atoms. The zero-order chi connectivity index (χ0) is 24.3. The van der Waals surface area contributed by atoms with Gasteiger partial charge in [-0.3, -0.25) is 14.1 Å². The van der Waals surface area contributed by atoms with E-state index in [1.165, 1.54) is 19.4 Å². The highest BCUT2D eigenvalue weighted by molar-refractivity contribution is 8.26. The fourth-order valence-corrected chi connectivity index (χ4v) is 6.53. The van der Waals surface area contributed by atoms with Gasteiger partial charge in [0.2, 0.25) is 5.88 Å². The lowest BCUT2D eigenvalue weighted by Gasteiger charge is -2.56. The number of methoxy groups -OCH3 is 1. The number of fused-ring (bicyclic) bond motifs is 2. The van der Waals surface area contributed by atoms with Gasteiger partial charge in [0.25, 0.3) is 0 Å². The lowest BCUT2D eigenvalue weighted by Crippen LogP contribution is -2.57. The van der Waals surface area contributed by atoms with E-state index >= 15 is 4.39 Å². The summed E-state index contributed by atoms with van der Waals surface area (Å²) < 4.78 is 47.1. The molecule has 2 atom stereocenters. The van der Waals surface area contributed by atoms with Gasteiger partial charge in [-0.1, -0.05) is 0 Å². The van der Waals surface area contributed by atoms with Crippen molar-refractivity contribution in [3.63, 3.8) is 0 Å². The number of nitrogens with two attached hydrogens (primary N) is 1. The number of hydrogen-bond acceptors (Lipinski definition) is 10. The molecule has 0 bridgehead atoms. The van der Waals surface area contributed by atoms with Crippen molar-refractivity contribution in [1.82, 2.24) is 15.0 Å². The molecule has 1 unspecified atom stereocenters. The highest BCUT2D eigenvalue weighted by Crippen LogP contribution is 2.66. The van der Waals surface area contributed by atoms with Crippen molar-refractivity contribution in [3.05, 3.63) is 48.0 Å². The summed E-state index contributed by atoms with van der Waals surface area (Å²) in [5.74, 6) is 0.281. The van der Waals surface area contributed by atoms with Crippen LogP contribution in [-0.4, -0.2) is 60.2 Å². The van der Waals surface area contributed by atoms with E-state index in [0.717, 1.165) is 0 Å². The van der Waals surface area contributed by atoms with Gasteiger partial charge in [0, 0.05) is 17.4 Å². The second-order valence-corrected chi connectivity index (χ2v) is 11.6. The number of nitrogens with one attached hydrogen (secondary N) is 1. The number of hydrogen-bond donors (Lipinski definition) is 4. The molecule has 1 saturated heterocycles. The fraction of sp³-hybridized carbons (Fsp3) is 0.364. The fourth-order valence-electron chi connectivity index (χ4n) is 4.38. The van der Waals surface area contributed by atoms with Gasteiger partial charge in [-0.2, -0.15) is 10.6 Å². The quantitative estimate of drug-likeness (QED) is 0.433. The first-order valence-electron chi connectivity index (χ1n) is 10.5. The Hall–Kier alpha value is -3.06. The van der Waals surface area contributed by atoms with E-state index in [4.69, 9.17) is 15.2 Å². The van der Waals surface area contributed by atoms with Crippen molar-refractivity contribution in [2.75, 3.05) is 25.6 Å². The van der Waals surface area contributed by atoms with Crippen molar-refractivity contribution in [2.24, 2.45) is 10.7 Å². The number of nitrogens with zero attached hydrogens (tertiary/aromatic N) is 4. The summed E-state index contributed by atoms with van der Waals surface area (Å²) in [6.45, 7) is 3.25. The van der Waals surface area contributed by atoms with Gasteiger partial charge < -0.3 is 20.5 Å². The van der Waals surface area contributed by atoms with Crippen LogP contribution in [0.3, 0.4) is 0 Å². The smallest absolute Gasteiger partial charge is 0.232 e. The van der Waals surface area contributed by atoms with E-state index < -0.39 is 31.9 Å². The molecule has 0 saturated carbocycles. The van der Waals surface area contributed by atoms with E-state index in [2.05, 4.69) is 25.3 Å². The average molecular weight is 489 g/mol. The summed E-state index contributed by atoms with van der Waals surface area (Å²) in [5, 5.41) is 2.31. The molecule has 5 rings (SSSR count). The minimum absolute atomic E-state index is 0.0253. The molecule has 0 aliphatic carbocycles. The summed E-state index contributed by atoms with van der Waals surface area (Å²) in [5.41, 5.74) is 6.56. The Bertz CT molecular complexity index is 1320. The van der Waals surface area contributed by atoms with Gasteiger partial charge in [-0.05, 0) is 38.1 Å². The van der Waals surface area contributed by atoms with Crippen LogP contribution in [0.1, 0.15) is 19.4 Å². The number of ether oxygens (including phenoxy) is 2. The molecule has 5 N–H and O–H groups in total. The summed E-state index contributed by atoms with van der Waals surface area (Å²) in [4.78, 5) is 17.7. The maximum atomic E-state index is 15.2. The molecule has 180 valence electrons. The zero-order valence-corrected chi connectivity index (χ0v) is 19.6. The number of aliphatic imine (C=N–C) groups is 1. The lowest BCUT2D eigenvalue weighted by molar-refractivity contribution is 0.178. The first-order valence-corrected chi connectivity index (χ1v) is 12.1. The van der Waals surface area contributed by atoms with Crippen LogP contribution in [0.25, 0.3) is 11.0 Å². The molecular weight excluding hydrogens is 463 g/mol. The van der Waals surface area contributed by atoms with Crippen LogP contribution >= 0.6 is 10.6 Å². The van der Waals surface area contributed by atoms with Crippen LogP contribution in [0.2, 0.25) is 0 Å². The third kappa shape index (κ3) is 3.21. The highest BCUT2D eigenvalue weighted by atomic mass is 32.3. The van der Waals surface area contributed by atoms with E-state index in [1.54, 1.807) is 38.2 Å².